The average molecular weight is 346 g/mol. The van der Waals surface area contributed by atoms with Crippen molar-refractivity contribution in [1.82, 2.24) is 20.1 Å². The van der Waals surface area contributed by atoms with Gasteiger partial charge in [0.25, 0.3) is 5.91 Å². The quantitative estimate of drug-likeness (QED) is 0.854. The Kier molecular flexibility index (Phi) is 3.64. The summed E-state index contributed by atoms with van der Waals surface area (Å²) in [6, 6.07) is 0. The second-order valence-electron chi connectivity index (χ2n) is 8.31. The van der Waals surface area contributed by atoms with Crippen molar-refractivity contribution in [2.45, 2.75) is 56.0 Å². The second-order valence-corrected chi connectivity index (χ2v) is 8.31. The van der Waals surface area contributed by atoms with Gasteiger partial charge in [-0.1, -0.05) is 0 Å². The fourth-order valence-corrected chi connectivity index (χ4v) is 4.48. The Labute approximate surface area is 147 Å². The summed E-state index contributed by atoms with van der Waals surface area (Å²) in [7, 11) is 0. The number of hydrogen-bond donors (Lipinski definition) is 2. The van der Waals surface area contributed by atoms with E-state index in [0.29, 0.717) is 50.4 Å². The number of carbonyl (C=O) groups excluding carboxylic acids is 1. The maximum absolute atomic E-state index is 13.0. The van der Waals surface area contributed by atoms with E-state index >= 15 is 0 Å². The fraction of sp³-hybridized carbons (Fsp3) is 0.833. The first kappa shape index (κ1) is 15.8. The molecule has 1 aromatic heterocycles. The van der Waals surface area contributed by atoms with Crippen molar-refractivity contribution in [3.05, 3.63) is 11.6 Å². The second kappa shape index (κ2) is 5.77. The molecule has 136 valence electrons. The van der Waals surface area contributed by atoms with Crippen molar-refractivity contribution in [2.24, 2.45) is 11.8 Å². The van der Waals surface area contributed by atoms with Gasteiger partial charge in [0.05, 0.1) is 0 Å². The third kappa shape index (κ3) is 2.87. The topological polar surface area (TPSA) is 91.3 Å². The van der Waals surface area contributed by atoms with Crippen LogP contribution in [-0.2, 0) is 9.53 Å². The van der Waals surface area contributed by atoms with Crippen LogP contribution in [0.1, 0.15) is 62.0 Å². The number of ether oxygens (including phenoxy) is 1. The molecular formula is C18H26N4O3. The first-order valence-corrected chi connectivity index (χ1v) is 9.66. The molecule has 0 unspecified atom stereocenters. The van der Waals surface area contributed by atoms with Crippen LogP contribution in [0.15, 0.2) is 0 Å². The van der Waals surface area contributed by atoms with E-state index in [0.717, 1.165) is 18.2 Å². The molecule has 2 aliphatic carbocycles. The van der Waals surface area contributed by atoms with E-state index in [1.54, 1.807) is 0 Å². The molecule has 4 fully saturated rings. The summed E-state index contributed by atoms with van der Waals surface area (Å²) in [6.07, 6.45) is 5.65. The number of rotatable bonds is 4. The van der Waals surface area contributed by atoms with Crippen molar-refractivity contribution in [2.75, 3.05) is 26.3 Å². The monoisotopic (exact) mass is 346 g/mol. The molecule has 0 radical (unpaired) electrons. The Balaban J connectivity index is 1.35. The van der Waals surface area contributed by atoms with Crippen LogP contribution in [0.3, 0.4) is 0 Å². The highest BCUT2D eigenvalue weighted by atomic mass is 16.5. The minimum absolute atomic E-state index is 0.120. The van der Waals surface area contributed by atoms with E-state index < -0.39 is 5.60 Å². The van der Waals surface area contributed by atoms with Gasteiger partial charge >= 0.3 is 0 Å². The summed E-state index contributed by atoms with van der Waals surface area (Å²) < 4.78 is 5.31. The van der Waals surface area contributed by atoms with Crippen LogP contribution in [0.25, 0.3) is 0 Å². The molecule has 0 spiro atoms. The lowest BCUT2D eigenvalue weighted by atomic mass is 9.91. The lowest BCUT2D eigenvalue weighted by molar-refractivity contribution is -0.159. The maximum Gasteiger partial charge on any atom is 0.254 e. The molecule has 0 bridgehead atoms. The van der Waals surface area contributed by atoms with Gasteiger partial charge in [0.1, 0.15) is 11.4 Å². The number of amides is 1. The summed E-state index contributed by atoms with van der Waals surface area (Å²) in [5, 5.41) is 18.3. The van der Waals surface area contributed by atoms with Gasteiger partial charge in [-0.2, -0.15) is 5.10 Å². The van der Waals surface area contributed by atoms with Crippen molar-refractivity contribution >= 4 is 5.91 Å². The third-order valence-corrected chi connectivity index (χ3v) is 6.41. The highest BCUT2D eigenvalue weighted by Gasteiger charge is 2.49. The summed E-state index contributed by atoms with van der Waals surface area (Å²) in [5.41, 5.74) is -1.25. The molecule has 7 nitrogen and oxygen atoms in total. The number of nitrogens with zero attached hydrogens (tertiary/aromatic N) is 3. The molecule has 25 heavy (non-hydrogen) atoms. The molecule has 2 saturated carbocycles. The molecule has 0 aromatic carbocycles. The summed E-state index contributed by atoms with van der Waals surface area (Å²) in [6.45, 7) is 2.29. The van der Waals surface area contributed by atoms with Gasteiger partial charge in [-0.3, -0.25) is 9.89 Å². The molecule has 2 atom stereocenters. The molecule has 4 aliphatic rings. The molecule has 5 rings (SSSR count). The van der Waals surface area contributed by atoms with Crippen molar-refractivity contribution in [1.29, 1.82) is 0 Å². The Morgan fingerprint density at radius 3 is 2.64 bits per heavy atom. The van der Waals surface area contributed by atoms with Gasteiger partial charge in [0, 0.05) is 51.0 Å². The first-order valence-electron chi connectivity index (χ1n) is 9.66. The Morgan fingerprint density at radius 2 is 1.96 bits per heavy atom. The zero-order valence-electron chi connectivity index (χ0n) is 14.5. The van der Waals surface area contributed by atoms with Crippen LogP contribution < -0.4 is 0 Å². The van der Waals surface area contributed by atoms with Gasteiger partial charge < -0.3 is 14.7 Å². The van der Waals surface area contributed by atoms with Crippen LogP contribution in [-0.4, -0.2) is 63.0 Å². The van der Waals surface area contributed by atoms with E-state index in [4.69, 9.17) is 9.72 Å². The average Bonchev–Trinajstić information content (AvgIpc) is 3.55. The number of aromatic amines is 1. The van der Waals surface area contributed by atoms with Crippen molar-refractivity contribution in [3.63, 3.8) is 0 Å². The lowest BCUT2D eigenvalue weighted by Gasteiger charge is -2.34. The molecule has 1 amide bonds. The predicted octanol–water partition coefficient (Wildman–Crippen LogP) is 1.18. The number of hydrogen-bond acceptors (Lipinski definition) is 5. The molecule has 2 aliphatic heterocycles. The minimum atomic E-state index is -1.25. The largest absolute Gasteiger partial charge is 0.381 e. The van der Waals surface area contributed by atoms with Gasteiger partial charge in [-0.05, 0) is 37.5 Å². The van der Waals surface area contributed by atoms with Crippen LogP contribution in [0.4, 0.5) is 0 Å². The van der Waals surface area contributed by atoms with Crippen LogP contribution >= 0.6 is 0 Å². The summed E-state index contributed by atoms with van der Waals surface area (Å²) >= 11 is 0. The molecule has 3 heterocycles. The zero-order valence-corrected chi connectivity index (χ0v) is 14.5. The van der Waals surface area contributed by atoms with Crippen LogP contribution in [0, 0.1) is 11.8 Å². The normalized spacial score (nSPS) is 32.1. The number of nitrogens with one attached hydrogen (secondary N) is 1. The molecule has 7 heteroatoms. The summed E-state index contributed by atoms with van der Waals surface area (Å²) in [5.74, 6) is 3.64. The van der Waals surface area contributed by atoms with E-state index in [2.05, 4.69) is 10.2 Å². The van der Waals surface area contributed by atoms with Crippen LogP contribution in [0.5, 0.6) is 0 Å². The van der Waals surface area contributed by atoms with E-state index in [1.807, 2.05) is 4.90 Å². The van der Waals surface area contributed by atoms with Crippen molar-refractivity contribution < 1.29 is 14.6 Å². The van der Waals surface area contributed by atoms with E-state index in [-0.39, 0.29) is 11.8 Å². The van der Waals surface area contributed by atoms with Crippen LogP contribution in [0.2, 0.25) is 0 Å². The summed E-state index contributed by atoms with van der Waals surface area (Å²) in [4.78, 5) is 19.6. The standard InChI is InChI=1S/C18H26N4O3/c23-17(18(24)5-7-25-8-6-18)22-9-13(11-1-2-11)14(10-22)16-19-15(20-21-16)12-3-4-12/h11-14,24H,1-10H2,(H,19,20,21)/t13-,14+/m1/s1. The van der Waals surface area contributed by atoms with Gasteiger partial charge in [-0.15, -0.1) is 0 Å². The van der Waals surface area contributed by atoms with Gasteiger partial charge in [-0.25, -0.2) is 4.98 Å². The first-order chi connectivity index (χ1) is 12.1. The van der Waals surface area contributed by atoms with Gasteiger partial charge in [0.2, 0.25) is 0 Å². The zero-order chi connectivity index (χ0) is 17.0. The number of likely N-dealkylation sites (tertiary alicyclic amines) is 1. The number of aromatic nitrogens is 3. The highest BCUT2D eigenvalue weighted by Crippen LogP contribution is 2.48. The molecule has 2 N–H and O–H groups in total. The number of aliphatic hydroxyl groups is 1. The Bertz CT molecular complexity index is 661. The maximum atomic E-state index is 13.0. The molecule has 1 aromatic rings. The fourth-order valence-electron chi connectivity index (χ4n) is 4.48. The minimum Gasteiger partial charge on any atom is -0.381 e. The highest BCUT2D eigenvalue weighted by molar-refractivity contribution is 5.85. The predicted molar refractivity (Wildman–Crippen MR) is 88.9 cm³/mol. The molecule has 2 saturated heterocycles. The number of H-pyrrole nitrogens is 1. The smallest absolute Gasteiger partial charge is 0.254 e. The van der Waals surface area contributed by atoms with E-state index in [9.17, 15) is 9.90 Å². The Morgan fingerprint density at radius 1 is 1.20 bits per heavy atom. The van der Waals surface area contributed by atoms with Crippen molar-refractivity contribution in [3.8, 4) is 0 Å². The Hall–Kier alpha value is -1.47. The third-order valence-electron chi connectivity index (χ3n) is 6.41. The van der Waals surface area contributed by atoms with E-state index in [1.165, 1.54) is 25.7 Å². The van der Waals surface area contributed by atoms with Gasteiger partial charge in [0.15, 0.2) is 5.82 Å². The lowest BCUT2D eigenvalue weighted by Crippen LogP contribution is -2.51. The SMILES string of the molecule is O=C(N1C[C@H](c2nc(C3CC3)n[nH]2)[C@@H](C2CC2)C1)C1(O)CCOCC1. The molecular weight excluding hydrogens is 320 g/mol. The number of carbonyl (C=O) groups is 1.